The molecule has 5 heteroatoms. The summed E-state index contributed by atoms with van der Waals surface area (Å²) in [6.07, 6.45) is 6.48. The molecule has 1 aliphatic carbocycles. The van der Waals surface area contributed by atoms with E-state index in [0.29, 0.717) is 18.2 Å². The third-order valence-electron chi connectivity index (χ3n) is 5.62. The average molecular weight is 357 g/mol. The van der Waals surface area contributed by atoms with E-state index in [1.807, 2.05) is 22.9 Å². The molecule has 1 unspecified atom stereocenters. The molecule has 0 bridgehead atoms. The lowest BCUT2D eigenvalue weighted by Crippen LogP contribution is -2.48. The molecule has 1 amide bonds. The fourth-order valence-electron chi connectivity index (χ4n) is 3.90. The summed E-state index contributed by atoms with van der Waals surface area (Å²) in [5.41, 5.74) is 7.35. The number of nitrogens with zero attached hydrogens (tertiary/aromatic N) is 2. The first-order valence-electron chi connectivity index (χ1n) is 9.86. The molecule has 0 spiro atoms. The molecule has 1 heterocycles. The van der Waals surface area contributed by atoms with E-state index in [0.717, 1.165) is 17.4 Å². The van der Waals surface area contributed by atoms with Gasteiger partial charge >= 0.3 is 0 Å². The van der Waals surface area contributed by atoms with Crippen LogP contribution in [0.5, 0.6) is 0 Å². The van der Waals surface area contributed by atoms with Gasteiger partial charge in [-0.05, 0) is 30.2 Å². The molecule has 2 aromatic rings. The second-order valence-corrected chi connectivity index (χ2v) is 8.68. The van der Waals surface area contributed by atoms with Gasteiger partial charge in [-0.3, -0.25) is 9.48 Å². The number of hydrogen-bond donors (Lipinski definition) is 2. The molecule has 1 atom stereocenters. The highest BCUT2D eigenvalue weighted by atomic mass is 16.2. The summed E-state index contributed by atoms with van der Waals surface area (Å²) >= 11 is 0. The third-order valence-corrected chi connectivity index (χ3v) is 5.62. The van der Waals surface area contributed by atoms with Crippen LogP contribution in [0.3, 0.4) is 0 Å². The summed E-state index contributed by atoms with van der Waals surface area (Å²) < 4.78 is 2.04. The second-order valence-electron chi connectivity index (χ2n) is 8.68. The van der Waals surface area contributed by atoms with Crippen LogP contribution in [-0.2, 0) is 6.54 Å². The zero-order chi connectivity index (χ0) is 18.7. The van der Waals surface area contributed by atoms with Crippen molar-refractivity contribution in [2.24, 2.45) is 17.1 Å². The van der Waals surface area contributed by atoms with Gasteiger partial charge in [-0.2, -0.15) is 5.10 Å². The van der Waals surface area contributed by atoms with Gasteiger partial charge in [-0.1, -0.05) is 58.2 Å². The highest BCUT2D eigenvalue weighted by Crippen LogP contribution is 2.27. The molecule has 0 saturated heterocycles. The normalized spacial score (nSPS) is 17.4. The van der Waals surface area contributed by atoms with E-state index < -0.39 is 0 Å². The van der Waals surface area contributed by atoms with Crippen LogP contribution in [0.25, 0.3) is 10.9 Å². The average Bonchev–Trinajstić information content (AvgIpc) is 2.98. The monoisotopic (exact) mass is 356 g/mol. The Labute approximate surface area is 156 Å². The molecule has 5 nitrogen and oxygen atoms in total. The van der Waals surface area contributed by atoms with E-state index in [9.17, 15) is 4.79 Å². The zero-order valence-electron chi connectivity index (χ0n) is 16.3. The number of amides is 1. The Morgan fingerprint density at radius 1 is 1.27 bits per heavy atom. The van der Waals surface area contributed by atoms with Crippen LogP contribution in [0.2, 0.25) is 0 Å². The lowest BCUT2D eigenvalue weighted by atomic mass is 9.86. The summed E-state index contributed by atoms with van der Waals surface area (Å²) in [5, 5.41) is 8.73. The first kappa shape index (κ1) is 18.9. The number of fused-ring (bicyclic) bond motifs is 1. The van der Waals surface area contributed by atoms with Crippen molar-refractivity contribution in [3.05, 3.63) is 30.0 Å². The summed E-state index contributed by atoms with van der Waals surface area (Å²) in [5.74, 6) is 0.531. The first-order chi connectivity index (χ1) is 12.4. The highest BCUT2D eigenvalue weighted by Gasteiger charge is 2.27. The molecule has 0 radical (unpaired) electrons. The molecule has 26 heavy (non-hydrogen) atoms. The van der Waals surface area contributed by atoms with Crippen LogP contribution in [0.15, 0.2) is 24.3 Å². The van der Waals surface area contributed by atoms with Gasteiger partial charge < -0.3 is 11.1 Å². The van der Waals surface area contributed by atoms with Crippen LogP contribution >= 0.6 is 0 Å². The Bertz CT molecular complexity index is 753. The Morgan fingerprint density at radius 2 is 1.96 bits per heavy atom. The Morgan fingerprint density at radius 3 is 2.62 bits per heavy atom. The van der Waals surface area contributed by atoms with Gasteiger partial charge in [-0.25, -0.2) is 0 Å². The molecule has 3 rings (SSSR count). The van der Waals surface area contributed by atoms with Crippen molar-refractivity contribution in [3.8, 4) is 0 Å². The van der Waals surface area contributed by atoms with Crippen molar-refractivity contribution in [3.63, 3.8) is 0 Å². The van der Waals surface area contributed by atoms with Crippen LogP contribution in [0.4, 0.5) is 0 Å². The van der Waals surface area contributed by atoms with Gasteiger partial charge in [-0.15, -0.1) is 0 Å². The fraction of sp³-hybridized carbons (Fsp3) is 0.619. The maximum atomic E-state index is 12.9. The number of carbonyl (C=O) groups excluding carboxylic acids is 1. The minimum atomic E-state index is -0.131. The Balaban J connectivity index is 1.87. The predicted molar refractivity (Wildman–Crippen MR) is 106 cm³/mol. The smallest absolute Gasteiger partial charge is 0.272 e. The number of rotatable bonds is 5. The number of para-hydroxylation sites is 1. The summed E-state index contributed by atoms with van der Waals surface area (Å²) in [6.45, 7) is 7.57. The van der Waals surface area contributed by atoms with Gasteiger partial charge in [0.2, 0.25) is 0 Å². The number of nitrogens with one attached hydrogen (secondary N) is 1. The number of benzene rings is 1. The second kappa shape index (κ2) is 7.78. The van der Waals surface area contributed by atoms with Crippen molar-refractivity contribution in [2.75, 3.05) is 6.54 Å². The molecular formula is C21H32N4O. The molecule has 0 aliphatic heterocycles. The minimum Gasteiger partial charge on any atom is -0.346 e. The van der Waals surface area contributed by atoms with Gasteiger partial charge in [0.1, 0.15) is 0 Å². The molecule has 1 aliphatic rings. The van der Waals surface area contributed by atoms with Crippen molar-refractivity contribution in [1.29, 1.82) is 0 Å². The third kappa shape index (κ3) is 4.09. The van der Waals surface area contributed by atoms with Gasteiger partial charge in [0.05, 0.1) is 5.52 Å². The van der Waals surface area contributed by atoms with E-state index in [1.165, 1.54) is 32.1 Å². The largest absolute Gasteiger partial charge is 0.346 e. The number of hydrogen-bond acceptors (Lipinski definition) is 3. The molecule has 1 aromatic heterocycles. The van der Waals surface area contributed by atoms with E-state index in [-0.39, 0.29) is 17.4 Å². The Hall–Kier alpha value is -1.88. The topological polar surface area (TPSA) is 72.9 Å². The van der Waals surface area contributed by atoms with E-state index >= 15 is 0 Å². The van der Waals surface area contributed by atoms with E-state index in [2.05, 4.69) is 32.2 Å². The Kier molecular flexibility index (Phi) is 5.66. The summed E-state index contributed by atoms with van der Waals surface area (Å²) in [7, 11) is 0. The predicted octanol–water partition coefficient (Wildman–Crippen LogP) is 3.72. The van der Waals surface area contributed by atoms with Gasteiger partial charge in [0.15, 0.2) is 5.69 Å². The molecule has 3 N–H and O–H groups in total. The lowest BCUT2D eigenvalue weighted by Gasteiger charge is -2.30. The first-order valence-corrected chi connectivity index (χ1v) is 9.86. The minimum absolute atomic E-state index is 0.0859. The zero-order valence-corrected chi connectivity index (χ0v) is 16.3. The lowest BCUT2D eigenvalue weighted by molar-refractivity contribution is 0.0901. The molecule has 142 valence electrons. The SMILES string of the molecule is CC(C)(C)C(CN)NC(=O)c1nn(CC2CCCCC2)c2ccccc12. The van der Waals surface area contributed by atoms with Crippen molar-refractivity contribution in [2.45, 2.75) is 65.5 Å². The number of aromatic nitrogens is 2. The van der Waals surface area contributed by atoms with Crippen molar-refractivity contribution >= 4 is 16.8 Å². The standard InChI is InChI=1S/C21H32N4O/c1-21(2,3)18(13-22)23-20(26)19-16-11-7-8-12-17(16)25(24-19)14-15-9-5-4-6-10-15/h7-8,11-12,15,18H,4-6,9-10,13-14,22H2,1-3H3,(H,23,26). The van der Waals surface area contributed by atoms with E-state index in [4.69, 9.17) is 10.8 Å². The van der Waals surface area contributed by atoms with Gasteiger partial charge in [0, 0.05) is 24.5 Å². The highest BCUT2D eigenvalue weighted by molar-refractivity contribution is 6.05. The van der Waals surface area contributed by atoms with Gasteiger partial charge in [0.25, 0.3) is 5.91 Å². The quantitative estimate of drug-likeness (QED) is 0.857. The molecular weight excluding hydrogens is 324 g/mol. The van der Waals surface area contributed by atoms with Crippen LogP contribution < -0.4 is 11.1 Å². The summed E-state index contributed by atoms with van der Waals surface area (Å²) in [4.78, 5) is 12.9. The van der Waals surface area contributed by atoms with Crippen molar-refractivity contribution in [1.82, 2.24) is 15.1 Å². The van der Waals surface area contributed by atoms with E-state index in [1.54, 1.807) is 0 Å². The number of carbonyl (C=O) groups is 1. The van der Waals surface area contributed by atoms with Crippen molar-refractivity contribution < 1.29 is 4.79 Å². The summed E-state index contributed by atoms with van der Waals surface area (Å²) in [6, 6.07) is 7.95. The molecule has 1 fully saturated rings. The maximum absolute atomic E-state index is 12.9. The molecule has 1 aromatic carbocycles. The maximum Gasteiger partial charge on any atom is 0.272 e. The molecule has 1 saturated carbocycles. The fourth-order valence-corrected chi connectivity index (χ4v) is 3.90. The number of nitrogens with two attached hydrogens (primary N) is 1. The van der Waals surface area contributed by atoms with Crippen LogP contribution in [0.1, 0.15) is 63.4 Å². The van der Waals surface area contributed by atoms with Crippen LogP contribution in [-0.4, -0.2) is 28.3 Å². The van der Waals surface area contributed by atoms with Crippen LogP contribution in [0, 0.1) is 11.3 Å².